The predicted octanol–water partition coefficient (Wildman–Crippen LogP) is 1.67. The highest BCUT2D eigenvalue weighted by atomic mass is 16.4. The summed E-state index contributed by atoms with van der Waals surface area (Å²) in [5, 5.41) is 18.4. The van der Waals surface area contributed by atoms with Crippen LogP contribution in [0.15, 0.2) is 6.20 Å². The Balaban J connectivity index is 3.24. The summed E-state index contributed by atoms with van der Waals surface area (Å²) < 4.78 is 0. The molecule has 16 heavy (non-hydrogen) atoms. The van der Waals surface area contributed by atoms with Crippen LogP contribution in [-0.4, -0.2) is 26.2 Å². The Labute approximate surface area is 94.2 Å². The Morgan fingerprint density at radius 2 is 2.00 bits per heavy atom. The molecule has 1 atom stereocenters. The zero-order valence-corrected chi connectivity index (χ0v) is 9.85. The summed E-state index contributed by atoms with van der Waals surface area (Å²) in [6.45, 7) is 7.26. The standard InChI is InChI=1S/C11H16N2O3/c1-6(9(15)16)8-7(14)5-12-10(13-8)11(2,3)4/h5-6,14H,1-4H3,(H,15,16). The summed E-state index contributed by atoms with van der Waals surface area (Å²) in [7, 11) is 0. The summed E-state index contributed by atoms with van der Waals surface area (Å²) in [6, 6.07) is 0. The van der Waals surface area contributed by atoms with E-state index in [4.69, 9.17) is 5.11 Å². The first-order chi connectivity index (χ1) is 7.23. The number of hydrogen-bond donors (Lipinski definition) is 2. The number of rotatable bonds is 2. The minimum atomic E-state index is -1.02. The molecule has 0 amide bonds. The van der Waals surface area contributed by atoms with Crippen LogP contribution in [0.3, 0.4) is 0 Å². The second-order valence-corrected chi connectivity index (χ2v) is 4.77. The molecular formula is C11H16N2O3. The highest BCUT2D eigenvalue weighted by Crippen LogP contribution is 2.26. The quantitative estimate of drug-likeness (QED) is 0.798. The molecule has 0 aliphatic carbocycles. The van der Waals surface area contributed by atoms with Crippen molar-refractivity contribution < 1.29 is 15.0 Å². The molecule has 0 bridgehead atoms. The van der Waals surface area contributed by atoms with Crippen molar-refractivity contribution in [2.24, 2.45) is 0 Å². The molecule has 0 aliphatic heterocycles. The van der Waals surface area contributed by atoms with Gasteiger partial charge < -0.3 is 10.2 Å². The molecule has 0 saturated carbocycles. The lowest BCUT2D eigenvalue weighted by molar-refractivity contribution is -0.138. The van der Waals surface area contributed by atoms with Gasteiger partial charge in [0.2, 0.25) is 0 Å². The smallest absolute Gasteiger partial charge is 0.312 e. The largest absolute Gasteiger partial charge is 0.504 e. The van der Waals surface area contributed by atoms with Crippen LogP contribution in [0.25, 0.3) is 0 Å². The number of nitrogens with zero attached hydrogens (tertiary/aromatic N) is 2. The van der Waals surface area contributed by atoms with Crippen LogP contribution in [0.2, 0.25) is 0 Å². The first-order valence-corrected chi connectivity index (χ1v) is 5.02. The van der Waals surface area contributed by atoms with E-state index in [-0.39, 0.29) is 16.9 Å². The fraction of sp³-hybridized carbons (Fsp3) is 0.545. The first-order valence-electron chi connectivity index (χ1n) is 5.02. The first kappa shape index (κ1) is 12.4. The van der Waals surface area contributed by atoms with Gasteiger partial charge in [-0.25, -0.2) is 9.97 Å². The van der Waals surface area contributed by atoms with Gasteiger partial charge in [-0.3, -0.25) is 4.79 Å². The van der Waals surface area contributed by atoms with Crippen LogP contribution >= 0.6 is 0 Å². The highest BCUT2D eigenvalue weighted by molar-refractivity contribution is 5.75. The van der Waals surface area contributed by atoms with E-state index in [0.717, 1.165) is 0 Å². The van der Waals surface area contributed by atoms with Gasteiger partial charge in [-0.15, -0.1) is 0 Å². The zero-order valence-electron chi connectivity index (χ0n) is 9.85. The number of carboxylic acids is 1. The van der Waals surface area contributed by atoms with Gasteiger partial charge in [0.1, 0.15) is 5.82 Å². The Hall–Kier alpha value is -1.65. The molecular weight excluding hydrogens is 208 g/mol. The van der Waals surface area contributed by atoms with Crippen LogP contribution in [0.1, 0.15) is 45.1 Å². The molecule has 2 N–H and O–H groups in total. The lowest BCUT2D eigenvalue weighted by Crippen LogP contribution is -2.19. The van der Waals surface area contributed by atoms with Gasteiger partial charge in [-0.05, 0) is 6.92 Å². The van der Waals surface area contributed by atoms with Crippen LogP contribution in [0.5, 0.6) is 5.75 Å². The molecule has 0 spiro atoms. The van der Waals surface area contributed by atoms with E-state index in [1.807, 2.05) is 20.8 Å². The highest BCUT2D eigenvalue weighted by Gasteiger charge is 2.24. The van der Waals surface area contributed by atoms with Crippen molar-refractivity contribution in [3.05, 3.63) is 17.7 Å². The van der Waals surface area contributed by atoms with Crippen molar-refractivity contribution in [2.45, 2.75) is 39.0 Å². The maximum absolute atomic E-state index is 10.8. The van der Waals surface area contributed by atoms with Gasteiger partial charge in [-0.1, -0.05) is 20.8 Å². The predicted molar refractivity (Wildman–Crippen MR) is 58.4 cm³/mol. The van der Waals surface area contributed by atoms with E-state index in [2.05, 4.69) is 9.97 Å². The SMILES string of the molecule is CC(C(=O)O)c1nc(C(C)(C)C)ncc1O. The summed E-state index contributed by atoms with van der Waals surface area (Å²) in [5.41, 5.74) is -0.117. The van der Waals surface area contributed by atoms with Crippen LogP contribution in [0.4, 0.5) is 0 Å². The summed E-state index contributed by atoms with van der Waals surface area (Å²) >= 11 is 0. The molecule has 88 valence electrons. The van der Waals surface area contributed by atoms with Crippen molar-refractivity contribution in [3.63, 3.8) is 0 Å². The van der Waals surface area contributed by atoms with Gasteiger partial charge in [0, 0.05) is 5.41 Å². The Kier molecular flexibility index (Phi) is 3.16. The average Bonchev–Trinajstić information content (AvgIpc) is 2.15. The van der Waals surface area contributed by atoms with E-state index < -0.39 is 11.9 Å². The second kappa shape index (κ2) is 4.08. The molecule has 0 radical (unpaired) electrons. The lowest BCUT2D eigenvalue weighted by Gasteiger charge is -2.18. The number of carboxylic acid groups (broad SMARTS) is 1. The van der Waals surface area contributed by atoms with Gasteiger partial charge in [0.15, 0.2) is 5.75 Å². The molecule has 5 nitrogen and oxygen atoms in total. The summed E-state index contributed by atoms with van der Waals surface area (Å²) in [5.74, 6) is -1.52. The molecule has 0 fully saturated rings. The fourth-order valence-corrected chi connectivity index (χ4v) is 1.19. The summed E-state index contributed by atoms with van der Waals surface area (Å²) in [4.78, 5) is 19.0. The monoisotopic (exact) mass is 224 g/mol. The maximum atomic E-state index is 10.8. The minimum Gasteiger partial charge on any atom is -0.504 e. The molecule has 1 heterocycles. The Bertz CT molecular complexity index is 410. The van der Waals surface area contributed by atoms with Gasteiger partial charge in [0.05, 0.1) is 17.8 Å². The van der Waals surface area contributed by atoms with Crippen LogP contribution < -0.4 is 0 Å². The molecule has 0 aliphatic rings. The third-order valence-corrected chi connectivity index (χ3v) is 2.25. The number of carbonyl (C=O) groups is 1. The molecule has 5 heteroatoms. The van der Waals surface area contributed by atoms with E-state index in [1.54, 1.807) is 0 Å². The topological polar surface area (TPSA) is 83.3 Å². The Morgan fingerprint density at radius 1 is 1.44 bits per heavy atom. The lowest BCUT2D eigenvalue weighted by atomic mass is 9.95. The van der Waals surface area contributed by atoms with Gasteiger partial charge >= 0.3 is 5.97 Å². The molecule has 1 aromatic heterocycles. The van der Waals surface area contributed by atoms with Crippen molar-refractivity contribution in [2.75, 3.05) is 0 Å². The average molecular weight is 224 g/mol. The maximum Gasteiger partial charge on any atom is 0.312 e. The van der Waals surface area contributed by atoms with Crippen molar-refractivity contribution in [1.82, 2.24) is 9.97 Å². The number of aliphatic carboxylic acids is 1. The minimum absolute atomic E-state index is 0.160. The number of aromatic nitrogens is 2. The Morgan fingerprint density at radius 3 is 2.44 bits per heavy atom. The van der Waals surface area contributed by atoms with Crippen molar-refractivity contribution >= 4 is 5.97 Å². The number of aromatic hydroxyl groups is 1. The van der Waals surface area contributed by atoms with Gasteiger partial charge in [-0.2, -0.15) is 0 Å². The van der Waals surface area contributed by atoms with Crippen molar-refractivity contribution in [3.8, 4) is 5.75 Å². The third kappa shape index (κ3) is 2.48. The van der Waals surface area contributed by atoms with E-state index in [9.17, 15) is 9.90 Å². The molecule has 1 aromatic rings. The van der Waals surface area contributed by atoms with E-state index >= 15 is 0 Å². The third-order valence-electron chi connectivity index (χ3n) is 2.25. The van der Waals surface area contributed by atoms with E-state index in [1.165, 1.54) is 13.1 Å². The summed E-state index contributed by atoms with van der Waals surface area (Å²) in [6.07, 6.45) is 1.25. The van der Waals surface area contributed by atoms with Crippen LogP contribution in [-0.2, 0) is 10.2 Å². The number of hydrogen-bond acceptors (Lipinski definition) is 4. The molecule has 0 saturated heterocycles. The van der Waals surface area contributed by atoms with Crippen molar-refractivity contribution in [1.29, 1.82) is 0 Å². The molecule has 1 rings (SSSR count). The van der Waals surface area contributed by atoms with E-state index in [0.29, 0.717) is 5.82 Å². The molecule has 0 aromatic carbocycles. The van der Waals surface area contributed by atoms with Crippen LogP contribution in [0, 0.1) is 0 Å². The fourth-order valence-electron chi connectivity index (χ4n) is 1.19. The molecule has 1 unspecified atom stereocenters. The second-order valence-electron chi connectivity index (χ2n) is 4.77. The zero-order chi connectivity index (χ0) is 12.5. The van der Waals surface area contributed by atoms with Gasteiger partial charge in [0.25, 0.3) is 0 Å². The normalized spacial score (nSPS) is 13.5.